The van der Waals surface area contributed by atoms with Crippen LogP contribution in [0.4, 0.5) is 11.5 Å². The average Bonchev–Trinajstić information content (AvgIpc) is 2.48. The fraction of sp³-hybridized carbons (Fsp3) is 0.267. The Morgan fingerprint density at radius 3 is 2.55 bits per heavy atom. The zero-order chi connectivity index (χ0) is 14.5. The van der Waals surface area contributed by atoms with Crippen molar-refractivity contribution in [1.82, 2.24) is 10.2 Å². The molecular weight excluding hydrogens is 316 g/mol. The van der Waals surface area contributed by atoms with E-state index in [4.69, 9.17) is 0 Å². The predicted octanol–water partition coefficient (Wildman–Crippen LogP) is 3.98. The molecule has 0 aliphatic carbocycles. The van der Waals surface area contributed by atoms with Crippen molar-refractivity contribution in [3.8, 4) is 6.07 Å². The van der Waals surface area contributed by atoms with Crippen LogP contribution in [-0.2, 0) is 12.8 Å². The van der Waals surface area contributed by atoms with Crippen LogP contribution >= 0.6 is 15.9 Å². The number of nitrogens with one attached hydrogen (secondary N) is 1. The van der Waals surface area contributed by atoms with Gasteiger partial charge in [-0.15, -0.1) is 5.10 Å². The first-order valence-electron chi connectivity index (χ1n) is 6.51. The molecule has 0 amide bonds. The van der Waals surface area contributed by atoms with Crippen LogP contribution in [0.2, 0.25) is 0 Å². The van der Waals surface area contributed by atoms with Gasteiger partial charge in [-0.2, -0.15) is 10.4 Å². The monoisotopic (exact) mass is 330 g/mol. The molecule has 0 saturated heterocycles. The van der Waals surface area contributed by atoms with Gasteiger partial charge in [0.05, 0.1) is 11.4 Å². The highest BCUT2D eigenvalue weighted by Gasteiger charge is 2.14. The van der Waals surface area contributed by atoms with Crippen LogP contribution in [0.1, 0.15) is 30.7 Å². The second-order valence-corrected chi connectivity index (χ2v) is 5.13. The van der Waals surface area contributed by atoms with E-state index >= 15 is 0 Å². The number of aromatic nitrogens is 2. The van der Waals surface area contributed by atoms with Crippen LogP contribution in [0, 0.1) is 11.3 Å². The molecule has 1 N–H and O–H groups in total. The Balaban J connectivity index is 2.48. The highest BCUT2D eigenvalue weighted by Crippen LogP contribution is 2.27. The Morgan fingerprint density at radius 1 is 1.20 bits per heavy atom. The van der Waals surface area contributed by atoms with Gasteiger partial charge in [0.25, 0.3) is 0 Å². The molecule has 5 heteroatoms. The molecule has 102 valence electrons. The number of rotatable bonds is 4. The molecule has 0 bridgehead atoms. The zero-order valence-corrected chi connectivity index (χ0v) is 13.0. The third-order valence-corrected chi connectivity index (χ3v) is 3.78. The van der Waals surface area contributed by atoms with E-state index in [9.17, 15) is 5.26 Å². The van der Waals surface area contributed by atoms with E-state index in [1.54, 1.807) is 0 Å². The fourth-order valence-electron chi connectivity index (χ4n) is 2.07. The number of hydrogen-bond acceptors (Lipinski definition) is 4. The maximum atomic E-state index is 9.43. The van der Waals surface area contributed by atoms with Crippen molar-refractivity contribution in [3.63, 3.8) is 0 Å². The van der Waals surface area contributed by atoms with Crippen molar-refractivity contribution in [3.05, 3.63) is 45.6 Å². The molecule has 2 rings (SSSR count). The number of halogens is 1. The molecule has 0 fully saturated rings. The number of benzene rings is 1. The van der Waals surface area contributed by atoms with Crippen molar-refractivity contribution in [2.45, 2.75) is 26.7 Å². The first-order chi connectivity index (χ1) is 9.71. The fourth-order valence-corrected chi connectivity index (χ4v) is 2.45. The highest BCUT2D eigenvalue weighted by atomic mass is 79.9. The lowest BCUT2D eigenvalue weighted by Gasteiger charge is -2.12. The maximum absolute atomic E-state index is 9.43. The molecule has 1 aromatic heterocycles. The third-order valence-electron chi connectivity index (χ3n) is 3.08. The van der Waals surface area contributed by atoms with Crippen LogP contribution < -0.4 is 5.32 Å². The normalized spacial score (nSPS) is 10.1. The number of para-hydroxylation sites is 1. The van der Waals surface area contributed by atoms with Gasteiger partial charge in [0.15, 0.2) is 5.82 Å². The Labute approximate surface area is 127 Å². The lowest BCUT2D eigenvalue weighted by Crippen LogP contribution is -2.07. The van der Waals surface area contributed by atoms with Crippen LogP contribution in [0.5, 0.6) is 0 Å². The summed E-state index contributed by atoms with van der Waals surface area (Å²) in [5.41, 5.74) is 3.31. The van der Waals surface area contributed by atoms with E-state index in [1.807, 2.05) is 38.1 Å². The van der Waals surface area contributed by atoms with Gasteiger partial charge in [-0.1, -0.05) is 26.0 Å². The first-order valence-corrected chi connectivity index (χ1v) is 7.30. The molecule has 4 nitrogen and oxygen atoms in total. The van der Waals surface area contributed by atoms with E-state index in [1.165, 1.54) is 0 Å². The van der Waals surface area contributed by atoms with Gasteiger partial charge in [0, 0.05) is 4.47 Å². The molecule has 1 aromatic carbocycles. The van der Waals surface area contributed by atoms with Crippen LogP contribution in [0.25, 0.3) is 0 Å². The van der Waals surface area contributed by atoms with Crippen LogP contribution in [-0.4, -0.2) is 10.2 Å². The molecular formula is C15H15BrN4. The summed E-state index contributed by atoms with van der Waals surface area (Å²) in [6.07, 6.45) is 1.55. The molecule has 0 aliphatic heterocycles. The summed E-state index contributed by atoms with van der Waals surface area (Å²) in [4.78, 5) is 0. The molecule has 0 unspecified atom stereocenters. The Morgan fingerprint density at radius 2 is 1.95 bits per heavy atom. The van der Waals surface area contributed by atoms with Crippen LogP contribution in [0.15, 0.2) is 28.7 Å². The Hall–Kier alpha value is -1.93. The summed E-state index contributed by atoms with van der Waals surface area (Å²) in [5, 5.41) is 21.0. The zero-order valence-electron chi connectivity index (χ0n) is 11.4. The van der Waals surface area contributed by atoms with E-state index in [2.05, 4.69) is 37.5 Å². The SMILES string of the molecule is CCc1nnc(Nc2ccccc2Br)c(C#N)c1CC. The summed E-state index contributed by atoms with van der Waals surface area (Å²) >= 11 is 3.47. The molecule has 20 heavy (non-hydrogen) atoms. The number of nitrogens with zero attached hydrogens (tertiary/aromatic N) is 3. The summed E-state index contributed by atoms with van der Waals surface area (Å²) in [7, 11) is 0. The molecule has 0 saturated carbocycles. The topological polar surface area (TPSA) is 61.6 Å². The van der Waals surface area contributed by atoms with Gasteiger partial charge in [-0.05, 0) is 46.5 Å². The van der Waals surface area contributed by atoms with E-state index < -0.39 is 0 Å². The highest BCUT2D eigenvalue weighted by molar-refractivity contribution is 9.10. The summed E-state index contributed by atoms with van der Waals surface area (Å²) in [6, 6.07) is 9.96. The second kappa shape index (κ2) is 6.49. The average molecular weight is 331 g/mol. The number of aryl methyl sites for hydroxylation is 1. The largest absolute Gasteiger partial charge is 0.337 e. The van der Waals surface area contributed by atoms with E-state index in [0.717, 1.165) is 34.3 Å². The van der Waals surface area contributed by atoms with Crippen molar-refractivity contribution in [1.29, 1.82) is 5.26 Å². The van der Waals surface area contributed by atoms with Gasteiger partial charge in [-0.3, -0.25) is 0 Å². The minimum absolute atomic E-state index is 0.508. The third kappa shape index (κ3) is 2.81. The maximum Gasteiger partial charge on any atom is 0.171 e. The molecule has 2 aromatic rings. The Bertz CT molecular complexity index is 661. The van der Waals surface area contributed by atoms with Crippen molar-refractivity contribution in [2.24, 2.45) is 0 Å². The second-order valence-electron chi connectivity index (χ2n) is 4.27. The molecule has 0 aliphatic rings. The van der Waals surface area contributed by atoms with Gasteiger partial charge in [0.1, 0.15) is 11.6 Å². The summed E-state index contributed by atoms with van der Waals surface area (Å²) in [6.45, 7) is 4.05. The molecule has 0 spiro atoms. The number of anilines is 2. The predicted molar refractivity (Wildman–Crippen MR) is 82.9 cm³/mol. The summed E-state index contributed by atoms with van der Waals surface area (Å²) < 4.78 is 0.920. The standard InChI is InChI=1S/C15H15BrN4/c1-3-10-11(9-17)15(20-19-13(10)4-2)18-14-8-6-5-7-12(14)16/h5-8H,3-4H2,1-2H3,(H,18,20). The Kier molecular flexibility index (Phi) is 4.70. The van der Waals surface area contributed by atoms with Crippen LogP contribution in [0.3, 0.4) is 0 Å². The van der Waals surface area contributed by atoms with Crippen molar-refractivity contribution in [2.75, 3.05) is 5.32 Å². The minimum Gasteiger partial charge on any atom is -0.337 e. The smallest absolute Gasteiger partial charge is 0.171 e. The quantitative estimate of drug-likeness (QED) is 0.920. The molecule has 1 heterocycles. The number of nitriles is 1. The molecule has 0 atom stereocenters. The molecule has 0 radical (unpaired) electrons. The van der Waals surface area contributed by atoms with E-state index in [-0.39, 0.29) is 0 Å². The van der Waals surface area contributed by atoms with Gasteiger partial charge < -0.3 is 5.32 Å². The first kappa shape index (κ1) is 14.5. The van der Waals surface area contributed by atoms with E-state index in [0.29, 0.717) is 11.4 Å². The van der Waals surface area contributed by atoms with Gasteiger partial charge in [0.2, 0.25) is 0 Å². The lowest BCUT2D eigenvalue weighted by molar-refractivity contribution is 0.877. The number of hydrogen-bond donors (Lipinski definition) is 1. The van der Waals surface area contributed by atoms with Gasteiger partial charge >= 0.3 is 0 Å². The lowest BCUT2D eigenvalue weighted by atomic mass is 10.0. The van der Waals surface area contributed by atoms with Crippen molar-refractivity contribution >= 4 is 27.4 Å². The minimum atomic E-state index is 0.508. The van der Waals surface area contributed by atoms with Gasteiger partial charge in [-0.25, -0.2) is 0 Å². The summed E-state index contributed by atoms with van der Waals surface area (Å²) in [5.74, 6) is 0.508. The van der Waals surface area contributed by atoms with Crippen molar-refractivity contribution < 1.29 is 0 Å².